The van der Waals surface area contributed by atoms with Gasteiger partial charge in [0.05, 0.1) is 29.2 Å². The Morgan fingerprint density at radius 2 is 1.93 bits per heavy atom. The SMILES string of the molecule is CN(CC(=O)N(Cc1ccco1)CC(F)(F)F)S(=O)(=O)c1cccc([N+](=O)[O-])c1. The molecule has 9 nitrogen and oxygen atoms in total. The molecule has 29 heavy (non-hydrogen) atoms. The van der Waals surface area contributed by atoms with Crippen LogP contribution in [0.5, 0.6) is 0 Å². The van der Waals surface area contributed by atoms with Crippen molar-refractivity contribution >= 4 is 21.6 Å². The largest absolute Gasteiger partial charge is 0.467 e. The summed E-state index contributed by atoms with van der Waals surface area (Å²) in [5.41, 5.74) is -0.484. The summed E-state index contributed by atoms with van der Waals surface area (Å²) >= 11 is 0. The lowest BCUT2D eigenvalue weighted by molar-refractivity contribution is -0.385. The molecular weight excluding hydrogens is 419 g/mol. The molecule has 0 aliphatic heterocycles. The summed E-state index contributed by atoms with van der Waals surface area (Å²) in [7, 11) is -3.36. The summed E-state index contributed by atoms with van der Waals surface area (Å²) in [5, 5.41) is 10.8. The van der Waals surface area contributed by atoms with E-state index in [2.05, 4.69) is 0 Å². The quantitative estimate of drug-likeness (QED) is 0.465. The molecule has 2 aromatic rings. The lowest BCUT2D eigenvalue weighted by Crippen LogP contribution is -2.44. The van der Waals surface area contributed by atoms with Gasteiger partial charge in [0.2, 0.25) is 15.9 Å². The van der Waals surface area contributed by atoms with Crippen molar-refractivity contribution in [2.75, 3.05) is 20.1 Å². The fraction of sp³-hybridized carbons (Fsp3) is 0.312. The summed E-state index contributed by atoms with van der Waals surface area (Å²) in [6.45, 7) is -3.00. The molecule has 158 valence electrons. The number of nitro groups is 1. The molecule has 0 aliphatic rings. The number of alkyl halides is 3. The van der Waals surface area contributed by atoms with Gasteiger partial charge < -0.3 is 9.32 Å². The number of halogens is 3. The molecule has 0 spiro atoms. The smallest absolute Gasteiger partial charge is 0.406 e. The molecule has 0 fully saturated rings. The number of benzene rings is 1. The van der Waals surface area contributed by atoms with Gasteiger partial charge in [-0.05, 0) is 18.2 Å². The van der Waals surface area contributed by atoms with Gasteiger partial charge in [0.15, 0.2) is 0 Å². The fourth-order valence-electron chi connectivity index (χ4n) is 2.35. The highest BCUT2D eigenvalue weighted by atomic mass is 32.2. The number of hydrogen-bond donors (Lipinski definition) is 0. The van der Waals surface area contributed by atoms with Gasteiger partial charge in [-0.2, -0.15) is 17.5 Å². The predicted octanol–water partition coefficient (Wildman–Crippen LogP) is 2.40. The number of hydrogen-bond acceptors (Lipinski definition) is 6. The van der Waals surface area contributed by atoms with Crippen LogP contribution in [0.15, 0.2) is 52.0 Å². The molecule has 0 radical (unpaired) electrons. The van der Waals surface area contributed by atoms with E-state index in [4.69, 9.17) is 4.42 Å². The number of carbonyl (C=O) groups excluding carboxylic acids is 1. The van der Waals surface area contributed by atoms with Crippen molar-refractivity contribution in [3.8, 4) is 0 Å². The summed E-state index contributed by atoms with van der Waals surface area (Å²) < 4.78 is 69.1. The first-order valence-corrected chi connectivity index (χ1v) is 9.42. The highest BCUT2D eigenvalue weighted by Crippen LogP contribution is 2.22. The van der Waals surface area contributed by atoms with Crippen molar-refractivity contribution in [3.63, 3.8) is 0 Å². The van der Waals surface area contributed by atoms with E-state index in [0.717, 1.165) is 31.3 Å². The molecule has 0 atom stereocenters. The molecule has 0 saturated carbocycles. The standard InChI is InChI=1S/C16H16F3N3O6S/c1-20(29(26,27)14-6-2-4-12(8-14)22(24)25)10-15(23)21(11-16(17,18)19)9-13-5-3-7-28-13/h2-8H,9-11H2,1H3. The average molecular weight is 435 g/mol. The zero-order chi connectivity index (χ0) is 21.8. The Hall–Kier alpha value is -2.93. The molecule has 13 heteroatoms. The second-order valence-electron chi connectivity index (χ2n) is 5.96. The first-order chi connectivity index (χ1) is 13.4. The molecule has 1 aromatic heterocycles. The average Bonchev–Trinajstić information content (AvgIpc) is 3.13. The number of sulfonamides is 1. The highest BCUT2D eigenvalue weighted by Gasteiger charge is 2.35. The van der Waals surface area contributed by atoms with E-state index in [1.54, 1.807) is 0 Å². The Labute approximate surface area is 163 Å². The summed E-state index contributed by atoms with van der Waals surface area (Å²) in [6.07, 6.45) is -3.48. The monoisotopic (exact) mass is 435 g/mol. The van der Waals surface area contributed by atoms with Crippen molar-refractivity contribution < 1.29 is 35.7 Å². The van der Waals surface area contributed by atoms with Crippen LogP contribution in [-0.2, 0) is 21.4 Å². The molecular formula is C16H16F3N3O6S. The van der Waals surface area contributed by atoms with Crippen LogP contribution in [0.4, 0.5) is 18.9 Å². The zero-order valence-electron chi connectivity index (χ0n) is 15.0. The lowest BCUT2D eigenvalue weighted by atomic mass is 10.3. The van der Waals surface area contributed by atoms with Crippen molar-refractivity contribution in [2.45, 2.75) is 17.6 Å². The van der Waals surface area contributed by atoms with Crippen molar-refractivity contribution in [1.29, 1.82) is 0 Å². The van der Waals surface area contributed by atoms with Crippen LogP contribution < -0.4 is 0 Å². The first-order valence-electron chi connectivity index (χ1n) is 7.98. The van der Waals surface area contributed by atoms with Crippen LogP contribution in [-0.4, -0.2) is 54.8 Å². The van der Waals surface area contributed by atoms with E-state index in [1.165, 1.54) is 18.4 Å². The van der Waals surface area contributed by atoms with Gasteiger partial charge in [-0.25, -0.2) is 8.42 Å². The number of likely N-dealkylation sites (N-methyl/N-ethyl adjacent to an activating group) is 1. The number of carbonyl (C=O) groups is 1. The van der Waals surface area contributed by atoms with Gasteiger partial charge in [-0.1, -0.05) is 6.07 Å². The van der Waals surface area contributed by atoms with E-state index in [0.29, 0.717) is 9.21 Å². The third-order valence-corrected chi connectivity index (χ3v) is 5.54. The molecule has 1 amide bonds. The first kappa shape index (κ1) is 22.4. The van der Waals surface area contributed by atoms with Gasteiger partial charge in [0.25, 0.3) is 5.69 Å². The number of nitrogens with zero attached hydrogens (tertiary/aromatic N) is 3. The Balaban J connectivity index is 2.20. The van der Waals surface area contributed by atoms with Gasteiger partial charge in [0, 0.05) is 19.2 Å². The van der Waals surface area contributed by atoms with Gasteiger partial charge >= 0.3 is 6.18 Å². The van der Waals surface area contributed by atoms with E-state index in [-0.39, 0.29) is 5.76 Å². The molecule has 1 aromatic carbocycles. The molecule has 0 bridgehead atoms. The summed E-state index contributed by atoms with van der Waals surface area (Å²) in [6, 6.07) is 6.92. The number of furan rings is 1. The molecule has 0 saturated heterocycles. The van der Waals surface area contributed by atoms with E-state index >= 15 is 0 Å². The minimum Gasteiger partial charge on any atom is -0.467 e. The maximum absolute atomic E-state index is 12.8. The zero-order valence-corrected chi connectivity index (χ0v) is 15.8. The lowest BCUT2D eigenvalue weighted by Gasteiger charge is -2.25. The van der Waals surface area contributed by atoms with E-state index in [1.807, 2.05) is 0 Å². The maximum atomic E-state index is 12.8. The molecule has 0 N–H and O–H groups in total. The predicted molar refractivity (Wildman–Crippen MR) is 93.1 cm³/mol. The van der Waals surface area contributed by atoms with Crippen LogP contribution in [0, 0.1) is 10.1 Å². The number of amides is 1. The van der Waals surface area contributed by atoms with Gasteiger partial charge in [0.1, 0.15) is 12.3 Å². The van der Waals surface area contributed by atoms with Crippen molar-refractivity contribution in [1.82, 2.24) is 9.21 Å². The third-order valence-electron chi connectivity index (χ3n) is 3.74. The highest BCUT2D eigenvalue weighted by molar-refractivity contribution is 7.89. The Bertz CT molecular complexity index is 976. The number of nitro benzene ring substituents is 1. The molecule has 2 rings (SSSR count). The van der Waals surface area contributed by atoms with E-state index < -0.39 is 57.2 Å². The van der Waals surface area contributed by atoms with Gasteiger partial charge in [-0.3, -0.25) is 14.9 Å². The summed E-state index contributed by atoms with van der Waals surface area (Å²) in [4.78, 5) is 22.4. The third kappa shape index (κ3) is 6.02. The van der Waals surface area contributed by atoms with Crippen LogP contribution in [0.3, 0.4) is 0 Å². The van der Waals surface area contributed by atoms with Crippen LogP contribution in [0.25, 0.3) is 0 Å². The van der Waals surface area contributed by atoms with E-state index in [9.17, 15) is 36.5 Å². The maximum Gasteiger partial charge on any atom is 0.406 e. The fourth-order valence-corrected chi connectivity index (χ4v) is 3.51. The minimum absolute atomic E-state index is 0.0896. The second kappa shape index (κ2) is 8.61. The number of rotatable bonds is 8. The molecule has 0 aliphatic carbocycles. The van der Waals surface area contributed by atoms with Crippen molar-refractivity contribution in [2.24, 2.45) is 0 Å². The molecule has 1 heterocycles. The van der Waals surface area contributed by atoms with Crippen LogP contribution in [0.2, 0.25) is 0 Å². The van der Waals surface area contributed by atoms with Crippen molar-refractivity contribution in [3.05, 3.63) is 58.5 Å². The number of non-ortho nitro benzene ring substituents is 1. The van der Waals surface area contributed by atoms with Crippen LogP contribution >= 0.6 is 0 Å². The topological polar surface area (TPSA) is 114 Å². The van der Waals surface area contributed by atoms with Crippen LogP contribution in [0.1, 0.15) is 5.76 Å². The summed E-state index contributed by atoms with van der Waals surface area (Å²) in [5.74, 6) is -1.03. The van der Waals surface area contributed by atoms with Gasteiger partial charge in [-0.15, -0.1) is 0 Å². The Morgan fingerprint density at radius 1 is 1.24 bits per heavy atom. The second-order valence-corrected chi connectivity index (χ2v) is 8.00. The minimum atomic E-state index is -4.71. The Kier molecular flexibility index (Phi) is 6.64. The normalized spacial score (nSPS) is 12.2. The Morgan fingerprint density at radius 3 is 2.48 bits per heavy atom. The molecule has 0 unspecified atom stereocenters.